The first-order valence-corrected chi connectivity index (χ1v) is 17.5. The molecule has 0 saturated carbocycles. The van der Waals surface area contributed by atoms with E-state index in [1.54, 1.807) is 45.0 Å². The predicted octanol–water partition coefficient (Wildman–Crippen LogP) is 7.50. The van der Waals surface area contributed by atoms with Gasteiger partial charge in [0.25, 0.3) is 0 Å². The van der Waals surface area contributed by atoms with Crippen LogP contribution in [-0.2, 0) is 35.5 Å². The molecule has 4 rings (SSSR count). The van der Waals surface area contributed by atoms with Gasteiger partial charge in [0.2, 0.25) is 0 Å². The number of rotatable bonds is 16. The summed E-state index contributed by atoms with van der Waals surface area (Å²) in [5, 5.41) is 3.68. The molecule has 244 valence electrons. The third kappa shape index (κ3) is 8.42. The van der Waals surface area contributed by atoms with Crippen LogP contribution < -0.4 is 15.3 Å². The molecule has 3 N–H and O–H groups in total. The van der Waals surface area contributed by atoms with Gasteiger partial charge in [0.1, 0.15) is 29.7 Å². The molecule has 0 aliphatic carbocycles. The fourth-order valence-corrected chi connectivity index (χ4v) is 6.97. The standard InChI is InChI=1S/C32H43BrN5O6P/c1-7-9-18-32(6,38-27(19-41-8-2)36-28-29(38)25-12-10-11-13-26(25)35-30(28)34)20-42-45(40,37-22(5)31(39)43-21(3)4)44-24-16-14-23(33)15-17-24/h10-17,21-22H,7-9,18-20H2,1-6H3,(H2,34,35)(H,37,40)/t22-,32+,45-/m0/s1. The zero-order valence-electron chi connectivity index (χ0n) is 26.7. The van der Waals surface area contributed by atoms with Crippen molar-refractivity contribution in [3.63, 3.8) is 0 Å². The van der Waals surface area contributed by atoms with Crippen molar-refractivity contribution in [3.05, 3.63) is 58.8 Å². The van der Waals surface area contributed by atoms with Gasteiger partial charge in [-0.3, -0.25) is 9.32 Å². The molecular weight excluding hydrogens is 661 g/mol. The van der Waals surface area contributed by atoms with Crippen LogP contribution in [-0.4, -0.2) is 45.9 Å². The second-order valence-corrected chi connectivity index (χ2v) is 14.1. The van der Waals surface area contributed by atoms with Gasteiger partial charge in [-0.1, -0.05) is 53.9 Å². The Morgan fingerprint density at radius 3 is 2.49 bits per heavy atom. The van der Waals surface area contributed by atoms with Gasteiger partial charge in [-0.25, -0.2) is 14.5 Å². The van der Waals surface area contributed by atoms with E-state index >= 15 is 0 Å². The van der Waals surface area contributed by atoms with Crippen LogP contribution in [0, 0.1) is 0 Å². The van der Waals surface area contributed by atoms with Gasteiger partial charge in [-0.05, 0) is 71.4 Å². The Morgan fingerprint density at radius 1 is 1.11 bits per heavy atom. The topological polar surface area (TPSA) is 140 Å². The van der Waals surface area contributed by atoms with E-state index in [9.17, 15) is 9.36 Å². The van der Waals surface area contributed by atoms with Crippen molar-refractivity contribution in [2.75, 3.05) is 18.9 Å². The number of imidazole rings is 1. The molecule has 2 aromatic heterocycles. The van der Waals surface area contributed by atoms with Crippen molar-refractivity contribution < 1.29 is 27.9 Å². The van der Waals surface area contributed by atoms with Gasteiger partial charge in [0.05, 0.1) is 29.3 Å². The summed E-state index contributed by atoms with van der Waals surface area (Å²) in [6.07, 6.45) is 2.06. The number of nitrogens with one attached hydrogen (secondary N) is 1. The fourth-order valence-electron chi connectivity index (χ4n) is 5.10. The van der Waals surface area contributed by atoms with Crippen molar-refractivity contribution in [2.24, 2.45) is 0 Å². The van der Waals surface area contributed by atoms with Crippen molar-refractivity contribution in [1.82, 2.24) is 19.6 Å². The fraction of sp³-hybridized carbons (Fsp3) is 0.469. The summed E-state index contributed by atoms with van der Waals surface area (Å²) in [6, 6.07) is 13.6. The maximum Gasteiger partial charge on any atom is 0.459 e. The number of hydrogen-bond donors (Lipinski definition) is 2. The Labute approximate surface area is 272 Å². The van der Waals surface area contributed by atoms with Gasteiger partial charge >= 0.3 is 13.7 Å². The van der Waals surface area contributed by atoms with E-state index in [2.05, 4.69) is 37.5 Å². The van der Waals surface area contributed by atoms with E-state index in [1.807, 2.05) is 38.1 Å². The third-order valence-corrected chi connectivity index (χ3v) is 9.43. The van der Waals surface area contributed by atoms with Gasteiger partial charge in [-0.2, -0.15) is 5.09 Å². The Balaban J connectivity index is 1.81. The number of carbonyl (C=O) groups is 1. The van der Waals surface area contributed by atoms with Gasteiger partial charge < -0.3 is 24.3 Å². The number of aromatic nitrogens is 3. The molecule has 13 heteroatoms. The highest BCUT2D eigenvalue weighted by molar-refractivity contribution is 9.10. The Morgan fingerprint density at radius 2 is 1.82 bits per heavy atom. The van der Waals surface area contributed by atoms with Crippen molar-refractivity contribution in [3.8, 4) is 5.75 Å². The molecule has 0 unspecified atom stereocenters. The maximum atomic E-state index is 14.5. The number of unbranched alkanes of at least 4 members (excludes halogenated alkanes) is 1. The number of para-hydroxylation sites is 1. The van der Waals surface area contributed by atoms with Crippen LogP contribution in [0.25, 0.3) is 21.9 Å². The summed E-state index contributed by atoms with van der Waals surface area (Å²) in [5.41, 5.74) is 7.74. The minimum atomic E-state index is -4.16. The first-order valence-electron chi connectivity index (χ1n) is 15.2. The molecule has 0 saturated heterocycles. The lowest BCUT2D eigenvalue weighted by molar-refractivity contribution is -0.149. The number of benzene rings is 2. The van der Waals surface area contributed by atoms with Crippen LogP contribution in [0.1, 0.15) is 66.6 Å². The van der Waals surface area contributed by atoms with Crippen LogP contribution in [0.4, 0.5) is 5.82 Å². The normalized spacial score (nSPS) is 15.2. The van der Waals surface area contributed by atoms with Crippen LogP contribution in [0.15, 0.2) is 53.0 Å². The lowest BCUT2D eigenvalue weighted by atomic mass is 9.94. The van der Waals surface area contributed by atoms with Crippen LogP contribution >= 0.6 is 23.7 Å². The summed E-state index contributed by atoms with van der Waals surface area (Å²) in [4.78, 5) is 22.2. The molecule has 11 nitrogen and oxygen atoms in total. The number of nitrogens with two attached hydrogens (primary N) is 1. The minimum absolute atomic E-state index is 0.0547. The van der Waals surface area contributed by atoms with Gasteiger partial charge in [0, 0.05) is 16.5 Å². The number of esters is 1. The summed E-state index contributed by atoms with van der Waals surface area (Å²) >= 11 is 3.41. The second kappa shape index (κ2) is 15.0. The Bertz CT molecular complexity index is 1660. The SMILES string of the molecule is CCCC[C@](C)(CO[P@@](=O)(N[C@@H](C)C(=O)OC(C)C)Oc1ccc(Br)cc1)n1c(COCC)nc2c(N)nc3ccccc3c21. The molecule has 2 heterocycles. The van der Waals surface area contributed by atoms with Gasteiger partial charge in [-0.15, -0.1) is 0 Å². The van der Waals surface area contributed by atoms with Crippen LogP contribution in [0.2, 0.25) is 0 Å². The number of ether oxygens (including phenoxy) is 2. The highest BCUT2D eigenvalue weighted by Crippen LogP contribution is 2.47. The highest BCUT2D eigenvalue weighted by atomic mass is 79.9. The molecule has 45 heavy (non-hydrogen) atoms. The Kier molecular flexibility index (Phi) is 11.7. The summed E-state index contributed by atoms with van der Waals surface area (Å²) in [6.45, 7) is 11.8. The number of anilines is 1. The molecule has 0 fully saturated rings. The number of halogens is 1. The van der Waals surface area contributed by atoms with Gasteiger partial charge in [0.15, 0.2) is 5.82 Å². The van der Waals surface area contributed by atoms with E-state index in [-0.39, 0.29) is 19.3 Å². The van der Waals surface area contributed by atoms with Crippen LogP contribution in [0.5, 0.6) is 5.75 Å². The monoisotopic (exact) mass is 703 g/mol. The van der Waals surface area contributed by atoms with E-state index in [0.29, 0.717) is 35.9 Å². The average molecular weight is 705 g/mol. The maximum absolute atomic E-state index is 14.5. The largest absolute Gasteiger partial charge is 0.462 e. The van der Waals surface area contributed by atoms with E-state index < -0.39 is 25.3 Å². The number of fused-ring (bicyclic) bond motifs is 3. The van der Waals surface area contributed by atoms with E-state index in [1.165, 1.54) is 0 Å². The first-order chi connectivity index (χ1) is 21.4. The molecule has 0 aliphatic heterocycles. The predicted molar refractivity (Wildman–Crippen MR) is 180 cm³/mol. The van der Waals surface area contributed by atoms with Crippen molar-refractivity contribution >= 4 is 57.4 Å². The molecule has 0 bridgehead atoms. The van der Waals surface area contributed by atoms with E-state index in [4.69, 9.17) is 29.2 Å². The molecule has 0 spiro atoms. The number of nitrogens with zero attached hydrogens (tertiary/aromatic N) is 3. The third-order valence-electron chi connectivity index (χ3n) is 7.28. The summed E-state index contributed by atoms with van der Waals surface area (Å²) in [5.74, 6) is 0.687. The second-order valence-electron chi connectivity index (χ2n) is 11.5. The highest BCUT2D eigenvalue weighted by Gasteiger charge is 2.39. The minimum Gasteiger partial charge on any atom is -0.462 e. The van der Waals surface area contributed by atoms with Crippen molar-refractivity contribution in [1.29, 1.82) is 0 Å². The molecule has 3 atom stereocenters. The number of pyridine rings is 1. The summed E-state index contributed by atoms with van der Waals surface area (Å²) < 4.78 is 40.9. The Hall–Kier alpha value is -3.02. The number of nitrogen functional groups attached to an aromatic ring is 1. The lowest BCUT2D eigenvalue weighted by Gasteiger charge is -2.35. The quantitative estimate of drug-likeness (QED) is 0.0890. The molecule has 2 aromatic carbocycles. The first kappa shape index (κ1) is 34.8. The van der Waals surface area contributed by atoms with Crippen molar-refractivity contribution in [2.45, 2.75) is 85.1 Å². The zero-order chi connectivity index (χ0) is 32.8. The summed E-state index contributed by atoms with van der Waals surface area (Å²) in [7, 11) is -4.16. The molecule has 4 aromatic rings. The number of carbonyl (C=O) groups excluding carboxylic acids is 1. The zero-order valence-corrected chi connectivity index (χ0v) is 29.2. The molecule has 0 radical (unpaired) electrons. The van der Waals surface area contributed by atoms with E-state index in [0.717, 1.165) is 33.7 Å². The lowest BCUT2D eigenvalue weighted by Crippen LogP contribution is -2.40. The molecule has 0 aliphatic rings. The molecular formula is C32H43BrN5O6P. The average Bonchev–Trinajstić information content (AvgIpc) is 3.40. The smallest absolute Gasteiger partial charge is 0.459 e. The number of hydrogen-bond acceptors (Lipinski definition) is 9. The molecule has 0 amide bonds. The van der Waals surface area contributed by atoms with Crippen LogP contribution in [0.3, 0.4) is 0 Å².